The fourth-order valence-corrected chi connectivity index (χ4v) is 5.21. The SMILES string of the molecule is CCCCC(O)c1c(-c2ccccc2)c2cc(Cl)ccc2c(=O)n1Cc1ccc(S(C)(=O)=O)cc1. The summed E-state index contributed by atoms with van der Waals surface area (Å²) in [5.74, 6) is 0. The summed E-state index contributed by atoms with van der Waals surface area (Å²) in [5.41, 5.74) is 2.73. The molecule has 182 valence electrons. The minimum absolute atomic E-state index is 0.194. The zero-order valence-corrected chi connectivity index (χ0v) is 21.3. The van der Waals surface area contributed by atoms with Crippen LogP contribution in [-0.4, -0.2) is 24.3 Å². The fourth-order valence-electron chi connectivity index (χ4n) is 4.41. The molecular weight excluding hydrogens is 482 g/mol. The third-order valence-corrected chi connectivity index (χ3v) is 7.54. The van der Waals surface area contributed by atoms with Gasteiger partial charge in [-0.25, -0.2) is 8.42 Å². The third-order valence-electron chi connectivity index (χ3n) is 6.17. The molecule has 0 spiro atoms. The Morgan fingerprint density at radius 3 is 2.29 bits per heavy atom. The van der Waals surface area contributed by atoms with Gasteiger partial charge < -0.3 is 9.67 Å². The van der Waals surface area contributed by atoms with Gasteiger partial charge in [0.05, 0.1) is 23.2 Å². The first-order valence-electron chi connectivity index (χ1n) is 11.6. The van der Waals surface area contributed by atoms with E-state index in [1.54, 1.807) is 47.0 Å². The molecule has 5 nitrogen and oxygen atoms in total. The van der Waals surface area contributed by atoms with Crippen molar-refractivity contribution in [3.8, 4) is 11.1 Å². The van der Waals surface area contributed by atoms with Crippen molar-refractivity contribution in [2.45, 2.75) is 43.7 Å². The molecule has 0 bridgehead atoms. The van der Waals surface area contributed by atoms with Crippen molar-refractivity contribution in [1.29, 1.82) is 0 Å². The molecule has 0 fully saturated rings. The normalized spacial score (nSPS) is 12.7. The van der Waals surface area contributed by atoms with Crippen LogP contribution in [0, 0.1) is 0 Å². The summed E-state index contributed by atoms with van der Waals surface area (Å²) in [6.45, 7) is 2.25. The maximum atomic E-state index is 13.8. The Bertz CT molecular complexity index is 1510. The first kappa shape index (κ1) is 25.2. The Labute approximate surface area is 210 Å². The van der Waals surface area contributed by atoms with Gasteiger partial charge in [-0.15, -0.1) is 0 Å². The number of hydrogen-bond acceptors (Lipinski definition) is 4. The van der Waals surface area contributed by atoms with E-state index in [1.807, 2.05) is 30.3 Å². The molecule has 4 aromatic rings. The number of hydrogen-bond donors (Lipinski definition) is 1. The van der Waals surface area contributed by atoms with Gasteiger partial charge in [-0.05, 0) is 53.3 Å². The van der Waals surface area contributed by atoms with Crippen LogP contribution >= 0.6 is 11.6 Å². The number of unbranched alkanes of at least 4 members (excludes halogenated alkanes) is 1. The van der Waals surface area contributed by atoms with Crippen LogP contribution < -0.4 is 5.56 Å². The first-order valence-corrected chi connectivity index (χ1v) is 13.9. The maximum absolute atomic E-state index is 13.8. The van der Waals surface area contributed by atoms with E-state index < -0.39 is 15.9 Å². The lowest BCUT2D eigenvalue weighted by Crippen LogP contribution is -2.27. The van der Waals surface area contributed by atoms with Crippen molar-refractivity contribution < 1.29 is 13.5 Å². The Morgan fingerprint density at radius 2 is 1.66 bits per heavy atom. The Kier molecular flexibility index (Phi) is 7.45. The minimum Gasteiger partial charge on any atom is -0.387 e. The molecule has 1 heterocycles. The number of rotatable bonds is 8. The van der Waals surface area contributed by atoms with E-state index in [1.165, 1.54) is 0 Å². The summed E-state index contributed by atoms with van der Waals surface area (Å²) < 4.78 is 25.4. The Hall–Kier alpha value is -2.93. The summed E-state index contributed by atoms with van der Waals surface area (Å²) in [5, 5.41) is 13.1. The number of fused-ring (bicyclic) bond motifs is 1. The second-order valence-corrected chi connectivity index (χ2v) is 11.2. The first-order chi connectivity index (χ1) is 16.7. The van der Waals surface area contributed by atoms with Gasteiger partial charge in [-0.2, -0.15) is 0 Å². The maximum Gasteiger partial charge on any atom is 0.259 e. The van der Waals surface area contributed by atoms with E-state index in [-0.39, 0.29) is 17.0 Å². The smallest absolute Gasteiger partial charge is 0.259 e. The van der Waals surface area contributed by atoms with Gasteiger partial charge in [-0.3, -0.25) is 4.79 Å². The Balaban J connectivity index is 2.01. The molecule has 0 aliphatic rings. The van der Waals surface area contributed by atoms with Crippen LogP contribution in [0.2, 0.25) is 5.02 Å². The number of aliphatic hydroxyl groups excluding tert-OH is 1. The molecule has 1 atom stereocenters. The average Bonchev–Trinajstić information content (AvgIpc) is 2.84. The van der Waals surface area contributed by atoms with E-state index >= 15 is 0 Å². The quantitative estimate of drug-likeness (QED) is 0.316. The van der Waals surface area contributed by atoms with Crippen molar-refractivity contribution in [3.05, 3.63) is 99.4 Å². The van der Waals surface area contributed by atoms with Crippen LogP contribution in [0.4, 0.5) is 0 Å². The molecule has 0 aliphatic heterocycles. The molecule has 1 N–H and O–H groups in total. The van der Waals surface area contributed by atoms with Crippen molar-refractivity contribution in [1.82, 2.24) is 4.57 Å². The van der Waals surface area contributed by atoms with E-state index in [0.717, 1.165) is 35.8 Å². The van der Waals surface area contributed by atoms with E-state index in [9.17, 15) is 18.3 Å². The number of sulfone groups is 1. The lowest BCUT2D eigenvalue weighted by Gasteiger charge is -2.24. The third kappa shape index (κ3) is 5.35. The predicted octanol–water partition coefficient (Wildman–Crippen LogP) is 6.00. The highest BCUT2D eigenvalue weighted by Crippen LogP contribution is 2.37. The van der Waals surface area contributed by atoms with E-state index in [2.05, 4.69) is 6.92 Å². The number of nitrogens with zero attached hydrogens (tertiary/aromatic N) is 1. The zero-order valence-electron chi connectivity index (χ0n) is 19.7. The van der Waals surface area contributed by atoms with Gasteiger partial charge in [-0.1, -0.05) is 73.8 Å². The monoisotopic (exact) mass is 509 g/mol. The molecule has 0 radical (unpaired) electrons. The second-order valence-electron chi connectivity index (χ2n) is 8.78. The van der Waals surface area contributed by atoms with Gasteiger partial charge in [0.15, 0.2) is 9.84 Å². The predicted molar refractivity (Wildman–Crippen MR) is 142 cm³/mol. The molecule has 0 amide bonds. The molecule has 0 saturated carbocycles. The average molecular weight is 510 g/mol. The summed E-state index contributed by atoms with van der Waals surface area (Å²) in [6.07, 6.45) is 2.52. The van der Waals surface area contributed by atoms with Crippen LogP contribution in [0.3, 0.4) is 0 Å². The lowest BCUT2D eigenvalue weighted by atomic mass is 9.93. The van der Waals surface area contributed by atoms with Gasteiger partial charge in [0.25, 0.3) is 5.56 Å². The summed E-state index contributed by atoms with van der Waals surface area (Å²) in [7, 11) is -3.33. The van der Waals surface area contributed by atoms with Crippen LogP contribution in [-0.2, 0) is 16.4 Å². The molecule has 0 aliphatic carbocycles. The van der Waals surface area contributed by atoms with Crippen molar-refractivity contribution >= 4 is 32.2 Å². The Morgan fingerprint density at radius 1 is 0.971 bits per heavy atom. The van der Waals surface area contributed by atoms with Crippen LogP contribution in [0.5, 0.6) is 0 Å². The van der Waals surface area contributed by atoms with E-state index in [4.69, 9.17) is 11.6 Å². The molecule has 7 heteroatoms. The highest BCUT2D eigenvalue weighted by molar-refractivity contribution is 7.90. The molecule has 35 heavy (non-hydrogen) atoms. The molecule has 4 rings (SSSR count). The number of halogens is 1. The molecule has 0 saturated heterocycles. The second kappa shape index (κ2) is 10.4. The largest absolute Gasteiger partial charge is 0.387 e. The summed E-state index contributed by atoms with van der Waals surface area (Å²) in [4.78, 5) is 14.0. The van der Waals surface area contributed by atoms with Gasteiger partial charge in [0.2, 0.25) is 0 Å². The van der Waals surface area contributed by atoms with Crippen LogP contribution in [0.1, 0.15) is 43.5 Å². The standard InChI is InChI=1S/C28H28ClNO4S/c1-3-4-10-25(31)27-26(20-8-6-5-7-9-20)24-17-21(29)13-16-23(24)28(32)30(27)18-19-11-14-22(15-12-19)35(2,33)34/h5-9,11-17,25,31H,3-4,10,18H2,1-2H3. The zero-order chi connectivity index (χ0) is 25.2. The van der Waals surface area contributed by atoms with Crippen LogP contribution in [0.25, 0.3) is 21.9 Å². The minimum atomic E-state index is -3.33. The van der Waals surface area contributed by atoms with Crippen molar-refractivity contribution in [2.24, 2.45) is 0 Å². The van der Waals surface area contributed by atoms with Gasteiger partial charge in [0.1, 0.15) is 0 Å². The van der Waals surface area contributed by atoms with Crippen molar-refractivity contribution in [2.75, 3.05) is 6.26 Å². The van der Waals surface area contributed by atoms with Gasteiger partial charge in [0, 0.05) is 22.2 Å². The summed E-state index contributed by atoms with van der Waals surface area (Å²) >= 11 is 6.35. The number of pyridine rings is 1. The molecular formula is C28H28ClNO4S. The molecule has 1 unspecified atom stereocenters. The topological polar surface area (TPSA) is 76.4 Å². The fraction of sp³-hybridized carbons (Fsp3) is 0.250. The van der Waals surface area contributed by atoms with E-state index in [0.29, 0.717) is 27.9 Å². The number of aliphatic hydroxyl groups is 1. The van der Waals surface area contributed by atoms with Gasteiger partial charge >= 0.3 is 0 Å². The number of benzene rings is 3. The highest BCUT2D eigenvalue weighted by Gasteiger charge is 2.24. The summed E-state index contributed by atoms with van der Waals surface area (Å²) in [6, 6.07) is 21.4. The van der Waals surface area contributed by atoms with Crippen LogP contribution in [0.15, 0.2) is 82.5 Å². The van der Waals surface area contributed by atoms with Crippen molar-refractivity contribution in [3.63, 3.8) is 0 Å². The number of aromatic nitrogens is 1. The molecule has 3 aromatic carbocycles. The molecule has 1 aromatic heterocycles. The lowest BCUT2D eigenvalue weighted by molar-refractivity contribution is 0.155. The highest BCUT2D eigenvalue weighted by atomic mass is 35.5.